The lowest BCUT2D eigenvalue weighted by molar-refractivity contribution is 0.786. The number of halogens is 1. The summed E-state index contributed by atoms with van der Waals surface area (Å²) in [4.78, 5) is 4.68. The van der Waals surface area contributed by atoms with Crippen molar-refractivity contribution >= 4 is 22.5 Å². The monoisotopic (exact) mass is 248 g/mol. The Kier molecular flexibility index (Phi) is 3.65. The van der Waals surface area contributed by atoms with Crippen LogP contribution in [0.15, 0.2) is 18.2 Å². The Bertz CT molecular complexity index is 549. The van der Waals surface area contributed by atoms with Crippen LogP contribution in [0.2, 0.25) is 5.02 Å². The molecule has 1 aromatic carbocycles. The molecular formula is C14H17ClN2. The number of nitrogens with zero attached hydrogens (tertiary/aromatic N) is 1. The fourth-order valence-corrected chi connectivity index (χ4v) is 2.22. The van der Waals surface area contributed by atoms with Crippen molar-refractivity contribution in [3.05, 3.63) is 40.0 Å². The first-order valence-corrected chi connectivity index (χ1v) is 6.21. The first-order valence-electron chi connectivity index (χ1n) is 5.83. The maximum atomic E-state index is 6.23. The molecule has 17 heavy (non-hydrogen) atoms. The number of fused-ring (bicyclic) bond motifs is 1. The van der Waals surface area contributed by atoms with Crippen LogP contribution >= 0.6 is 11.6 Å². The molecule has 0 atom stereocenters. The minimum absolute atomic E-state index is 0.781. The fourth-order valence-electron chi connectivity index (χ4n) is 2.01. The number of pyridine rings is 1. The molecule has 2 aromatic rings. The van der Waals surface area contributed by atoms with E-state index in [9.17, 15) is 0 Å². The quantitative estimate of drug-likeness (QED) is 0.902. The van der Waals surface area contributed by atoms with E-state index >= 15 is 0 Å². The van der Waals surface area contributed by atoms with Crippen molar-refractivity contribution in [2.24, 2.45) is 0 Å². The molecule has 0 aliphatic rings. The number of benzene rings is 1. The van der Waals surface area contributed by atoms with Crippen LogP contribution in [-0.4, -0.2) is 18.6 Å². The van der Waals surface area contributed by atoms with E-state index in [-0.39, 0.29) is 0 Å². The van der Waals surface area contributed by atoms with Crippen molar-refractivity contribution in [1.29, 1.82) is 0 Å². The number of aromatic nitrogens is 1. The van der Waals surface area contributed by atoms with Crippen LogP contribution in [0.5, 0.6) is 0 Å². The second kappa shape index (κ2) is 5.03. The third-order valence-electron chi connectivity index (χ3n) is 3.07. The Morgan fingerprint density at radius 3 is 2.76 bits per heavy atom. The van der Waals surface area contributed by atoms with Crippen molar-refractivity contribution in [1.82, 2.24) is 10.3 Å². The van der Waals surface area contributed by atoms with Crippen molar-refractivity contribution in [3.8, 4) is 0 Å². The molecule has 2 nitrogen and oxygen atoms in total. The second-order valence-corrected chi connectivity index (χ2v) is 4.75. The predicted molar refractivity (Wildman–Crippen MR) is 73.9 cm³/mol. The maximum Gasteiger partial charge on any atom is 0.0749 e. The third kappa shape index (κ3) is 2.43. The van der Waals surface area contributed by atoms with E-state index < -0.39 is 0 Å². The van der Waals surface area contributed by atoms with Gasteiger partial charge in [0.1, 0.15) is 0 Å². The lowest BCUT2D eigenvalue weighted by Gasteiger charge is -2.10. The number of rotatable bonds is 3. The number of hydrogen-bond acceptors (Lipinski definition) is 2. The predicted octanol–water partition coefficient (Wildman–Crippen LogP) is 3.27. The molecule has 0 aliphatic carbocycles. The highest BCUT2D eigenvalue weighted by molar-refractivity contribution is 6.35. The molecule has 0 radical (unpaired) electrons. The molecule has 1 heterocycles. The van der Waals surface area contributed by atoms with Gasteiger partial charge in [0.2, 0.25) is 0 Å². The Hall–Kier alpha value is -1.12. The minimum Gasteiger partial charge on any atom is -0.319 e. The van der Waals surface area contributed by atoms with E-state index in [2.05, 4.69) is 30.2 Å². The molecule has 0 spiro atoms. The minimum atomic E-state index is 0.781. The molecule has 90 valence electrons. The molecule has 2 rings (SSSR count). The summed E-state index contributed by atoms with van der Waals surface area (Å²) in [6, 6.07) is 6.13. The molecule has 0 amide bonds. The number of aryl methyl sites for hydroxylation is 2. The van der Waals surface area contributed by atoms with Gasteiger partial charge in [-0.2, -0.15) is 0 Å². The molecule has 0 unspecified atom stereocenters. The van der Waals surface area contributed by atoms with Gasteiger partial charge < -0.3 is 5.32 Å². The first kappa shape index (κ1) is 12.3. The number of likely N-dealkylation sites (N-methyl/N-ethyl adjacent to an activating group) is 1. The van der Waals surface area contributed by atoms with Crippen LogP contribution in [0.25, 0.3) is 10.9 Å². The van der Waals surface area contributed by atoms with E-state index in [1.54, 1.807) is 0 Å². The van der Waals surface area contributed by atoms with Gasteiger partial charge >= 0.3 is 0 Å². The van der Waals surface area contributed by atoms with E-state index in [1.165, 1.54) is 11.1 Å². The first-order chi connectivity index (χ1) is 8.13. The number of nitrogens with one attached hydrogen (secondary N) is 1. The van der Waals surface area contributed by atoms with Gasteiger partial charge in [0.05, 0.1) is 5.52 Å². The SMILES string of the molecule is CNCCc1cc2c(Cl)ccc(C)c2nc1C. The van der Waals surface area contributed by atoms with E-state index in [0.29, 0.717) is 0 Å². The topological polar surface area (TPSA) is 24.9 Å². The van der Waals surface area contributed by atoms with Gasteiger partial charge in [0.15, 0.2) is 0 Å². The number of hydrogen-bond donors (Lipinski definition) is 1. The van der Waals surface area contributed by atoms with Gasteiger partial charge in [0, 0.05) is 16.1 Å². The van der Waals surface area contributed by atoms with Gasteiger partial charge in [-0.05, 0) is 57.1 Å². The summed E-state index contributed by atoms with van der Waals surface area (Å²) in [7, 11) is 1.96. The van der Waals surface area contributed by atoms with Gasteiger partial charge in [0.25, 0.3) is 0 Å². The maximum absolute atomic E-state index is 6.23. The van der Waals surface area contributed by atoms with Crippen LogP contribution in [0.1, 0.15) is 16.8 Å². The van der Waals surface area contributed by atoms with E-state index in [0.717, 1.165) is 34.6 Å². The van der Waals surface area contributed by atoms with Gasteiger partial charge in [-0.1, -0.05) is 17.7 Å². The smallest absolute Gasteiger partial charge is 0.0749 e. The average molecular weight is 249 g/mol. The zero-order chi connectivity index (χ0) is 12.4. The van der Waals surface area contributed by atoms with Crippen molar-refractivity contribution in [2.45, 2.75) is 20.3 Å². The molecule has 1 aromatic heterocycles. The van der Waals surface area contributed by atoms with Gasteiger partial charge in [-0.25, -0.2) is 0 Å². The van der Waals surface area contributed by atoms with Crippen molar-refractivity contribution < 1.29 is 0 Å². The van der Waals surface area contributed by atoms with Crippen LogP contribution in [0.3, 0.4) is 0 Å². The summed E-state index contributed by atoms with van der Waals surface area (Å²) < 4.78 is 0. The van der Waals surface area contributed by atoms with Crippen LogP contribution in [0, 0.1) is 13.8 Å². The summed E-state index contributed by atoms with van der Waals surface area (Å²) >= 11 is 6.23. The standard InChI is InChI=1S/C14H17ClN2/c1-9-4-5-13(15)12-8-11(6-7-16-3)10(2)17-14(9)12/h4-5,8,16H,6-7H2,1-3H3. The largest absolute Gasteiger partial charge is 0.319 e. The van der Waals surface area contributed by atoms with Crippen LogP contribution in [0.4, 0.5) is 0 Å². The normalized spacial score (nSPS) is 11.1. The van der Waals surface area contributed by atoms with Crippen molar-refractivity contribution in [2.75, 3.05) is 13.6 Å². The highest BCUT2D eigenvalue weighted by Gasteiger charge is 2.07. The van der Waals surface area contributed by atoms with Gasteiger partial charge in [-0.15, -0.1) is 0 Å². The van der Waals surface area contributed by atoms with E-state index in [4.69, 9.17) is 11.6 Å². The van der Waals surface area contributed by atoms with Crippen LogP contribution in [-0.2, 0) is 6.42 Å². The molecule has 3 heteroatoms. The summed E-state index contributed by atoms with van der Waals surface area (Å²) in [5, 5.41) is 5.00. The zero-order valence-corrected chi connectivity index (χ0v) is 11.2. The second-order valence-electron chi connectivity index (χ2n) is 4.35. The summed E-state index contributed by atoms with van der Waals surface area (Å²) in [6.45, 7) is 5.08. The molecule has 0 saturated carbocycles. The van der Waals surface area contributed by atoms with Crippen LogP contribution < -0.4 is 5.32 Å². The Morgan fingerprint density at radius 2 is 2.06 bits per heavy atom. The molecular weight excluding hydrogens is 232 g/mol. The molecule has 0 bridgehead atoms. The summed E-state index contributed by atoms with van der Waals surface area (Å²) in [6.07, 6.45) is 0.982. The fraction of sp³-hybridized carbons (Fsp3) is 0.357. The molecule has 1 N–H and O–H groups in total. The Morgan fingerprint density at radius 1 is 1.29 bits per heavy atom. The average Bonchev–Trinajstić information content (AvgIpc) is 2.32. The summed E-state index contributed by atoms with van der Waals surface area (Å²) in [5.74, 6) is 0. The van der Waals surface area contributed by atoms with Gasteiger partial charge in [-0.3, -0.25) is 4.98 Å². The van der Waals surface area contributed by atoms with E-state index in [1.807, 2.05) is 19.2 Å². The van der Waals surface area contributed by atoms with Crippen molar-refractivity contribution in [3.63, 3.8) is 0 Å². The zero-order valence-electron chi connectivity index (χ0n) is 10.5. The third-order valence-corrected chi connectivity index (χ3v) is 3.40. The molecule has 0 aliphatic heterocycles. The lowest BCUT2D eigenvalue weighted by atomic mass is 10.0. The summed E-state index contributed by atoms with van der Waals surface area (Å²) in [5.41, 5.74) is 4.55. The lowest BCUT2D eigenvalue weighted by Crippen LogP contribution is -2.11. The molecule has 0 saturated heterocycles. The molecule has 0 fully saturated rings. The Labute approximate surface area is 107 Å². The Balaban J connectivity index is 2.59. The highest BCUT2D eigenvalue weighted by atomic mass is 35.5. The highest BCUT2D eigenvalue weighted by Crippen LogP contribution is 2.26.